The predicted molar refractivity (Wildman–Crippen MR) is 93.6 cm³/mol. The van der Waals surface area contributed by atoms with Crippen LogP contribution in [0.2, 0.25) is 0 Å². The van der Waals surface area contributed by atoms with Crippen molar-refractivity contribution in [2.24, 2.45) is 0 Å². The number of tetrazole rings is 1. The maximum absolute atomic E-state index is 5.70. The summed E-state index contributed by atoms with van der Waals surface area (Å²) in [5.41, 5.74) is 1.19. The summed E-state index contributed by atoms with van der Waals surface area (Å²) in [6.45, 7) is 5.43. The monoisotopic (exact) mass is 349 g/mol. The fourth-order valence-corrected chi connectivity index (χ4v) is 3.42. The molecular formula is C16H23N5O2S. The summed E-state index contributed by atoms with van der Waals surface area (Å²) in [4.78, 5) is 3.29. The van der Waals surface area contributed by atoms with Crippen LogP contribution in [-0.2, 0) is 16.0 Å². The van der Waals surface area contributed by atoms with Gasteiger partial charge in [0.15, 0.2) is 0 Å². The number of likely N-dealkylation sites (N-methyl/N-ethyl adjacent to an activating group) is 1. The quantitative estimate of drug-likeness (QED) is 0.705. The van der Waals surface area contributed by atoms with E-state index in [0.29, 0.717) is 32.9 Å². The second-order valence-corrected chi connectivity index (χ2v) is 7.00. The first-order valence-corrected chi connectivity index (χ1v) is 9.13. The van der Waals surface area contributed by atoms with Gasteiger partial charge in [-0.1, -0.05) is 24.2 Å². The molecule has 1 aliphatic rings. The van der Waals surface area contributed by atoms with Crippen LogP contribution >= 0.6 is 11.8 Å². The number of nitrogens with zero attached hydrogens (tertiary/aromatic N) is 5. The van der Waals surface area contributed by atoms with Crippen molar-refractivity contribution in [1.29, 1.82) is 0 Å². The first-order valence-electron chi connectivity index (χ1n) is 8.14. The van der Waals surface area contributed by atoms with E-state index in [1.54, 1.807) is 0 Å². The molecule has 2 heterocycles. The summed E-state index contributed by atoms with van der Waals surface area (Å²) in [6, 6.07) is 8.50. The molecule has 130 valence electrons. The van der Waals surface area contributed by atoms with Gasteiger partial charge in [-0.25, -0.2) is 4.68 Å². The molecule has 1 atom stereocenters. The molecule has 1 saturated heterocycles. The molecule has 0 aliphatic carbocycles. The number of hydrogen-bond donors (Lipinski definition) is 0. The highest BCUT2D eigenvalue weighted by atomic mass is 32.2. The van der Waals surface area contributed by atoms with Gasteiger partial charge in [-0.3, -0.25) is 0 Å². The number of rotatable bonds is 7. The Morgan fingerprint density at radius 1 is 1.38 bits per heavy atom. The molecule has 1 aliphatic heterocycles. The van der Waals surface area contributed by atoms with E-state index in [4.69, 9.17) is 9.47 Å². The zero-order chi connectivity index (χ0) is 16.8. The lowest BCUT2D eigenvalue weighted by molar-refractivity contribution is -0.0838. The SMILES string of the molecule is CCSc1cccc(Cn2nnnc2N(C)CC2COCCO2)c1. The Labute approximate surface area is 146 Å². The molecule has 0 amide bonds. The van der Waals surface area contributed by atoms with Gasteiger partial charge in [0.05, 0.1) is 32.5 Å². The van der Waals surface area contributed by atoms with E-state index < -0.39 is 0 Å². The molecule has 7 nitrogen and oxygen atoms in total. The van der Waals surface area contributed by atoms with Crippen LogP contribution in [-0.4, -0.2) is 65.5 Å². The molecule has 0 radical (unpaired) electrons. The predicted octanol–water partition coefficient (Wildman–Crippen LogP) is 1.68. The van der Waals surface area contributed by atoms with E-state index in [-0.39, 0.29) is 6.10 Å². The van der Waals surface area contributed by atoms with Crippen LogP contribution in [0.3, 0.4) is 0 Å². The summed E-state index contributed by atoms with van der Waals surface area (Å²) in [6.07, 6.45) is 0.0539. The Morgan fingerprint density at radius 2 is 2.29 bits per heavy atom. The van der Waals surface area contributed by atoms with E-state index in [9.17, 15) is 0 Å². The van der Waals surface area contributed by atoms with E-state index in [0.717, 1.165) is 11.7 Å². The van der Waals surface area contributed by atoms with E-state index in [1.807, 2.05) is 28.4 Å². The number of ether oxygens (including phenoxy) is 2. The lowest BCUT2D eigenvalue weighted by Gasteiger charge is -2.27. The molecule has 8 heteroatoms. The van der Waals surface area contributed by atoms with Gasteiger partial charge in [0.2, 0.25) is 5.95 Å². The van der Waals surface area contributed by atoms with Crippen LogP contribution in [0.5, 0.6) is 0 Å². The maximum Gasteiger partial charge on any atom is 0.245 e. The third-order valence-electron chi connectivity index (χ3n) is 3.76. The summed E-state index contributed by atoms with van der Waals surface area (Å²) in [5.74, 6) is 1.80. The Bertz CT molecular complexity index is 645. The van der Waals surface area contributed by atoms with Crippen molar-refractivity contribution in [3.8, 4) is 0 Å². The van der Waals surface area contributed by atoms with Gasteiger partial charge in [-0.05, 0) is 33.9 Å². The second-order valence-electron chi connectivity index (χ2n) is 5.67. The number of anilines is 1. The highest BCUT2D eigenvalue weighted by Gasteiger charge is 2.20. The Morgan fingerprint density at radius 3 is 3.08 bits per heavy atom. The molecule has 1 fully saturated rings. The van der Waals surface area contributed by atoms with Crippen molar-refractivity contribution in [2.75, 3.05) is 44.1 Å². The summed E-state index contributed by atoms with van der Waals surface area (Å²) >= 11 is 1.83. The maximum atomic E-state index is 5.70. The highest BCUT2D eigenvalue weighted by molar-refractivity contribution is 7.99. The third kappa shape index (κ3) is 4.46. The molecule has 24 heavy (non-hydrogen) atoms. The Hall–Kier alpha value is -1.64. The Kier molecular flexibility index (Phi) is 6.06. The molecule has 1 unspecified atom stereocenters. The van der Waals surface area contributed by atoms with Crippen LogP contribution < -0.4 is 4.90 Å². The largest absolute Gasteiger partial charge is 0.376 e. The van der Waals surface area contributed by atoms with Gasteiger partial charge in [-0.15, -0.1) is 11.8 Å². The van der Waals surface area contributed by atoms with Gasteiger partial charge >= 0.3 is 0 Å². The molecule has 0 spiro atoms. The first-order chi connectivity index (χ1) is 11.8. The smallest absolute Gasteiger partial charge is 0.245 e. The van der Waals surface area contributed by atoms with Gasteiger partial charge in [-0.2, -0.15) is 0 Å². The minimum atomic E-state index is 0.0539. The molecule has 2 aromatic rings. The van der Waals surface area contributed by atoms with Crippen LogP contribution in [0.1, 0.15) is 12.5 Å². The normalized spacial score (nSPS) is 17.8. The van der Waals surface area contributed by atoms with Gasteiger partial charge in [0, 0.05) is 18.5 Å². The Balaban J connectivity index is 1.67. The summed E-state index contributed by atoms with van der Waals surface area (Å²) in [7, 11) is 1.98. The molecule has 1 aromatic carbocycles. The summed E-state index contributed by atoms with van der Waals surface area (Å²) < 4.78 is 13.0. The molecular weight excluding hydrogens is 326 g/mol. The molecule has 0 saturated carbocycles. The average Bonchev–Trinajstić information content (AvgIpc) is 3.05. The topological polar surface area (TPSA) is 65.3 Å². The van der Waals surface area contributed by atoms with Crippen molar-refractivity contribution in [1.82, 2.24) is 20.2 Å². The van der Waals surface area contributed by atoms with E-state index in [1.165, 1.54) is 10.5 Å². The van der Waals surface area contributed by atoms with Crippen LogP contribution in [0.4, 0.5) is 5.95 Å². The van der Waals surface area contributed by atoms with Crippen molar-refractivity contribution in [3.63, 3.8) is 0 Å². The molecule has 0 N–H and O–H groups in total. The fourth-order valence-electron chi connectivity index (χ4n) is 2.68. The van der Waals surface area contributed by atoms with Crippen molar-refractivity contribution < 1.29 is 9.47 Å². The summed E-state index contributed by atoms with van der Waals surface area (Å²) in [5, 5.41) is 12.1. The van der Waals surface area contributed by atoms with Crippen molar-refractivity contribution in [2.45, 2.75) is 24.5 Å². The number of aromatic nitrogens is 4. The minimum absolute atomic E-state index is 0.0539. The third-order valence-corrected chi connectivity index (χ3v) is 4.63. The van der Waals surface area contributed by atoms with Crippen LogP contribution in [0.25, 0.3) is 0 Å². The molecule has 3 rings (SSSR count). The zero-order valence-corrected chi connectivity index (χ0v) is 14.9. The average molecular weight is 349 g/mol. The zero-order valence-electron chi connectivity index (χ0n) is 14.1. The van der Waals surface area contributed by atoms with Crippen molar-refractivity contribution in [3.05, 3.63) is 29.8 Å². The number of benzene rings is 1. The van der Waals surface area contributed by atoms with Crippen molar-refractivity contribution >= 4 is 17.7 Å². The van der Waals surface area contributed by atoms with E-state index >= 15 is 0 Å². The van der Waals surface area contributed by atoms with Gasteiger partial charge in [0.25, 0.3) is 0 Å². The number of thioether (sulfide) groups is 1. The van der Waals surface area contributed by atoms with Gasteiger partial charge in [0.1, 0.15) is 0 Å². The number of hydrogen-bond acceptors (Lipinski definition) is 7. The highest BCUT2D eigenvalue weighted by Crippen LogP contribution is 2.20. The standard InChI is InChI=1S/C16H23N5O2S/c1-3-24-15-6-4-5-13(9-15)10-21-16(17-18-19-21)20(2)11-14-12-22-7-8-23-14/h4-6,9,14H,3,7-8,10-12H2,1-2H3. The second kappa shape index (κ2) is 8.46. The fraction of sp³-hybridized carbons (Fsp3) is 0.562. The lowest BCUT2D eigenvalue weighted by atomic mass is 10.2. The van der Waals surface area contributed by atoms with Crippen LogP contribution in [0.15, 0.2) is 29.2 Å². The first kappa shape index (κ1) is 17.2. The van der Waals surface area contributed by atoms with E-state index in [2.05, 4.69) is 46.7 Å². The molecule has 1 aromatic heterocycles. The minimum Gasteiger partial charge on any atom is -0.376 e. The lowest BCUT2D eigenvalue weighted by Crippen LogP contribution is -2.39. The van der Waals surface area contributed by atoms with Gasteiger partial charge < -0.3 is 14.4 Å². The molecule has 0 bridgehead atoms. The van der Waals surface area contributed by atoms with Crippen LogP contribution in [0, 0.1) is 0 Å².